The van der Waals surface area contributed by atoms with Crippen molar-refractivity contribution in [1.29, 1.82) is 0 Å². The summed E-state index contributed by atoms with van der Waals surface area (Å²) in [6.45, 7) is 0. The van der Waals surface area contributed by atoms with Gasteiger partial charge in [-0.1, -0.05) is 18.2 Å². The summed E-state index contributed by atoms with van der Waals surface area (Å²) in [6.07, 6.45) is 1.59. The summed E-state index contributed by atoms with van der Waals surface area (Å²) in [6, 6.07) is 10.9. The largest absolute Gasteiger partial charge is 0.496 e. The van der Waals surface area contributed by atoms with E-state index in [9.17, 15) is 4.79 Å². The first kappa shape index (κ1) is 12.7. The van der Waals surface area contributed by atoms with Crippen molar-refractivity contribution in [3.63, 3.8) is 0 Å². The number of amides is 1. The number of nitrogens with one attached hydrogen (secondary N) is 2. The van der Waals surface area contributed by atoms with Crippen LogP contribution in [0.4, 0.5) is 0 Å². The third-order valence-electron chi connectivity index (χ3n) is 3.80. The summed E-state index contributed by atoms with van der Waals surface area (Å²) in [5.74, 6) is 1.15. The van der Waals surface area contributed by atoms with Gasteiger partial charge in [-0.25, -0.2) is 0 Å². The zero-order valence-corrected chi connectivity index (χ0v) is 11.8. The van der Waals surface area contributed by atoms with Crippen LogP contribution in [0.1, 0.15) is 27.7 Å². The molecule has 1 amide bonds. The highest BCUT2D eigenvalue weighted by Gasteiger charge is 2.37. The van der Waals surface area contributed by atoms with Crippen LogP contribution >= 0.6 is 0 Å². The molecule has 1 aliphatic rings. The monoisotopic (exact) mass is 295 g/mol. The number of aromatic nitrogens is 2. The molecule has 4 rings (SSSR count). The molecule has 3 aromatic rings. The molecular formula is C16H13N3O3. The number of aromatic amines is 1. The van der Waals surface area contributed by atoms with Crippen molar-refractivity contribution in [3.8, 4) is 17.2 Å². The van der Waals surface area contributed by atoms with Crippen molar-refractivity contribution in [2.24, 2.45) is 0 Å². The van der Waals surface area contributed by atoms with Gasteiger partial charge in [0.05, 0.1) is 19.4 Å². The number of carbonyl (C=O) groups excluding carboxylic acids is 1. The second-order valence-corrected chi connectivity index (χ2v) is 4.99. The lowest BCUT2D eigenvalue weighted by Gasteiger charge is -2.16. The van der Waals surface area contributed by atoms with Crippen LogP contribution in [0.2, 0.25) is 0 Å². The van der Waals surface area contributed by atoms with Crippen LogP contribution < -0.4 is 10.1 Å². The lowest BCUT2D eigenvalue weighted by molar-refractivity contribution is 0.0955. The molecule has 3 heterocycles. The number of hydrogen-bond acceptors (Lipinski definition) is 4. The Morgan fingerprint density at radius 2 is 2.09 bits per heavy atom. The maximum absolute atomic E-state index is 12.2. The minimum absolute atomic E-state index is 0.208. The molecular weight excluding hydrogens is 282 g/mol. The molecule has 2 aromatic heterocycles. The molecule has 110 valence electrons. The number of ether oxygens (including phenoxy) is 1. The molecule has 6 heteroatoms. The molecule has 0 radical (unpaired) electrons. The molecule has 0 fully saturated rings. The number of benzene rings is 1. The predicted octanol–water partition coefficient (Wildman–Crippen LogP) is 2.51. The standard InChI is InChI=1S/C16H13N3O3/c1-21-10-6-3-2-5-9(10)13-12-14(11-7-4-8-22-11)18-19-15(12)16(20)17-13/h2-8,13H,1H3,(H,17,20)(H,18,19). The molecule has 2 N–H and O–H groups in total. The number of H-pyrrole nitrogens is 1. The normalized spacial score (nSPS) is 16.4. The Kier molecular flexibility index (Phi) is 2.75. The third kappa shape index (κ3) is 1.74. The zero-order valence-electron chi connectivity index (χ0n) is 11.8. The van der Waals surface area contributed by atoms with Gasteiger partial charge in [0.2, 0.25) is 0 Å². The number of nitrogens with zero attached hydrogens (tertiary/aromatic N) is 1. The Morgan fingerprint density at radius 3 is 2.86 bits per heavy atom. The molecule has 0 aliphatic carbocycles. The molecule has 1 aliphatic heterocycles. The maximum Gasteiger partial charge on any atom is 0.272 e. The lowest BCUT2D eigenvalue weighted by atomic mass is 9.98. The van der Waals surface area contributed by atoms with Crippen molar-refractivity contribution < 1.29 is 13.9 Å². The number of para-hydroxylation sites is 1. The van der Waals surface area contributed by atoms with E-state index in [-0.39, 0.29) is 11.9 Å². The van der Waals surface area contributed by atoms with E-state index in [0.717, 1.165) is 11.1 Å². The molecule has 0 bridgehead atoms. The second kappa shape index (κ2) is 4.77. The van der Waals surface area contributed by atoms with E-state index >= 15 is 0 Å². The van der Waals surface area contributed by atoms with E-state index in [4.69, 9.17) is 9.15 Å². The number of fused-ring (bicyclic) bond motifs is 1. The van der Waals surface area contributed by atoms with E-state index < -0.39 is 0 Å². The first-order chi connectivity index (χ1) is 10.8. The van der Waals surface area contributed by atoms with Crippen LogP contribution in [0.3, 0.4) is 0 Å². The summed E-state index contributed by atoms with van der Waals surface area (Å²) >= 11 is 0. The first-order valence-corrected chi connectivity index (χ1v) is 6.85. The summed E-state index contributed by atoms with van der Waals surface area (Å²) in [5.41, 5.74) is 2.76. The van der Waals surface area contributed by atoms with Crippen molar-refractivity contribution in [2.45, 2.75) is 6.04 Å². The SMILES string of the molecule is COc1ccccc1C1NC(=O)c2n[nH]c(-c3ccco3)c21. The van der Waals surface area contributed by atoms with Gasteiger partial charge >= 0.3 is 0 Å². The van der Waals surface area contributed by atoms with E-state index in [0.29, 0.717) is 22.9 Å². The van der Waals surface area contributed by atoms with Gasteiger partial charge in [-0.2, -0.15) is 5.10 Å². The highest BCUT2D eigenvalue weighted by atomic mass is 16.5. The highest BCUT2D eigenvalue weighted by Crippen LogP contribution is 2.39. The summed E-state index contributed by atoms with van der Waals surface area (Å²) < 4.78 is 10.8. The fourth-order valence-corrected chi connectivity index (χ4v) is 2.82. The highest BCUT2D eigenvalue weighted by molar-refractivity contribution is 6.00. The number of methoxy groups -OCH3 is 1. The van der Waals surface area contributed by atoms with Gasteiger partial charge in [-0.15, -0.1) is 0 Å². The van der Waals surface area contributed by atoms with Crippen molar-refractivity contribution in [2.75, 3.05) is 7.11 Å². The Balaban J connectivity index is 1.89. The number of rotatable bonds is 3. The average Bonchev–Trinajstić information content (AvgIpc) is 3.25. The van der Waals surface area contributed by atoms with Crippen LogP contribution in [-0.4, -0.2) is 23.2 Å². The van der Waals surface area contributed by atoms with Crippen molar-refractivity contribution >= 4 is 5.91 Å². The second-order valence-electron chi connectivity index (χ2n) is 4.99. The number of furan rings is 1. The fraction of sp³-hybridized carbons (Fsp3) is 0.125. The summed E-state index contributed by atoms with van der Waals surface area (Å²) in [7, 11) is 1.61. The van der Waals surface area contributed by atoms with Gasteiger partial charge in [0.25, 0.3) is 5.91 Å². The maximum atomic E-state index is 12.2. The Morgan fingerprint density at radius 1 is 1.23 bits per heavy atom. The van der Waals surface area contributed by atoms with Crippen LogP contribution in [-0.2, 0) is 0 Å². The third-order valence-corrected chi connectivity index (χ3v) is 3.80. The van der Waals surface area contributed by atoms with Gasteiger partial charge < -0.3 is 14.5 Å². The Labute approximate surface area is 126 Å². The molecule has 6 nitrogen and oxygen atoms in total. The Hall–Kier alpha value is -3.02. The van der Waals surface area contributed by atoms with E-state index in [1.165, 1.54) is 0 Å². The molecule has 0 saturated heterocycles. The van der Waals surface area contributed by atoms with Crippen LogP contribution in [0, 0.1) is 0 Å². The minimum atomic E-state index is -0.322. The summed E-state index contributed by atoms with van der Waals surface area (Å²) in [4.78, 5) is 12.2. The Bertz CT molecular complexity index is 836. The van der Waals surface area contributed by atoms with Gasteiger partial charge in [0, 0.05) is 11.1 Å². The molecule has 1 aromatic carbocycles. The van der Waals surface area contributed by atoms with E-state index in [1.807, 2.05) is 30.3 Å². The molecule has 22 heavy (non-hydrogen) atoms. The topological polar surface area (TPSA) is 80.1 Å². The quantitative estimate of drug-likeness (QED) is 0.778. The molecule has 1 atom stereocenters. The van der Waals surface area contributed by atoms with Crippen LogP contribution in [0.25, 0.3) is 11.5 Å². The summed E-state index contributed by atoms with van der Waals surface area (Å²) in [5, 5.41) is 9.98. The fourth-order valence-electron chi connectivity index (χ4n) is 2.82. The van der Waals surface area contributed by atoms with Crippen LogP contribution in [0.15, 0.2) is 47.1 Å². The zero-order chi connectivity index (χ0) is 15.1. The lowest BCUT2D eigenvalue weighted by Crippen LogP contribution is -2.21. The van der Waals surface area contributed by atoms with E-state index in [1.54, 1.807) is 19.4 Å². The minimum Gasteiger partial charge on any atom is -0.496 e. The van der Waals surface area contributed by atoms with Gasteiger partial charge in [-0.05, 0) is 18.2 Å². The number of carbonyl (C=O) groups is 1. The van der Waals surface area contributed by atoms with Gasteiger partial charge in [0.15, 0.2) is 11.5 Å². The van der Waals surface area contributed by atoms with E-state index in [2.05, 4.69) is 15.5 Å². The molecule has 1 unspecified atom stereocenters. The first-order valence-electron chi connectivity index (χ1n) is 6.85. The van der Waals surface area contributed by atoms with Crippen molar-refractivity contribution in [3.05, 3.63) is 59.5 Å². The number of hydrogen-bond donors (Lipinski definition) is 2. The average molecular weight is 295 g/mol. The van der Waals surface area contributed by atoms with Crippen molar-refractivity contribution in [1.82, 2.24) is 15.5 Å². The van der Waals surface area contributed by atoms with Crippen LogP contribution in [0.5, 0.6) is 5.75 Å². The van der Waals surface area contributed by atoms with Gasteiger partial charge in [0.1, 0.15) is 11.4 Å². The molecule has 0 spiro atoms. The molecule has 0 saturated carbocycles. The smallest absolute Gasteiger partial charge is 0.272 e. The predicted molar refractivity (Wildman–Crippen MR) is 78.6 cm³/mol. The van der Waals surface area contributed by atoms with Gasteiger partial charge in [-0.3, -0.25) is 9.89 Å².